The summed E-state index contributed by atoms with van der Waals surface area (Å²) < 4.78 is 5.10. The van der Waals surface area contributed by atoms with E-state index in [9.17, 15) is 9.59 Å². The first-order valence-corrected chi connectivity index (χ1v) is 7.48. The number of nitrogens with one attached hydrogen (secondary N) is 1. The van der Waals surface area contributed by atoms with Crippen LogP contribution in [0.2, 0.25) is 0 Å². The number of carboxylic acid groups (broad SMARTS) is 1. The van der Waals surface area contributed by atoms with Crippen LogP contribution in [0.4, 0.5) is 0 Å². The van der Waals surface area contributed by atoms with Crippen molar-refractivity contribution in [2.75, 3.05) is 7.11 Å². The van der Waals surface area contributed by atoms with E-state index in [0.29, 0.717) is 12.8 Å². The normalized spacial score (nSPS) is 11.0. The molecule has 1 rings (SSSR count). The van der Waals surface area contributed by atoms with Crippen LogP contribution in [0.15, 0.2) is 24.3 Å². The number of carbonyl (C=O) groups excluding carboxylic acids is 1. The molecular weight excluding hydrogens is 282 g/mol. The Hall–Kier alpha value is -2.04. The number of aryl methyl sites for hydroxylation is 1. The minimum atomic E-state index is -0.846. The average molecular weight is 307 g/mol. The summed E-state index contributed by atoms with van der Waals surface area (Å²) in [6, 6.07) is 7.80. The van der Waals surface area contributed by atoms with Crippen LogP contribution in [0.3, 0.4) is 0 Å². The molecule has 0 saturated heterocycles. The molecule has 0 aliphatic heterocycles. The van der Waals surface area contributed by atoms with E-state index >= 15 is 0 Å². The van der Waals surface area contributed by atoms with Gasteiger partial charge in [-0.1, -0.05) is 12.1 Å². The first-order valence-electron chi connectivity index (χ1n) is 7.48. The molecule has 2 N–H and O–H groups in total. The van der Waals surface area contributed by atoms with Gasteiger partial charge in [0.15, 0.2) is 0 Å². The van der Waals surface area contributed by atoms with Crippen molar-refractivity contribution < 1.29 is 19.4 Å². The standard InChI is InChI=1S/C17H25NO4/c1-17(2,12-11-16(20)21)18-15(19)6-4-5-13-7-9-14(22-3)10-8-13/h7-10H,4-6,11-12H2,1-3H3,(H,18,19)(H,20,21). The van der Waals surface area contributed by atoms with Crippen LogP contribution in [0.5, 0.6) is 5.75 Å². The number of aliphatic carboxylic acids is 1. The van der Waals surface area contributed by atoms with E-state index in [1.165, 1.54) is 5.56 Å². The zero-order valence-corrected chi connectivity index (χ0v) is 13.5. The molecule has 0 fully saturated rings. The van der Waals surface area contributed by atoms with Crippen LogP contribution in [0.25, 0.3) is 0 Å². The third kappa shape index (κ3) is 7.11. The van der Waals surface area contributed by atoms with Gasteiger partial charge >= 0.3 is 5.97 Å². The number of carboxylic acids is 1. The molecule has 0 radical (unpaired) electrons. The number of ether oxygens (including phenoxy) is 1. The van der Waals surface area contributed by atoms with Gasteiger partial charge in [-0.2, -0.15) is 0 Å². The van der Waals surface area contributed by atoms with Crippen molar-refractivity contribution in [3.63, 3.8) is 0 Å². The molecule has 22 heavy (non-hydrogen) atoms. The lowest BCUT2D eigenvalue weighted by molar-refractivity contribution is -0.137. The highest BCUT2D eigenvalue weighted by Gasteiger charge is 2.21. The fraction of sp³-hybridized carbons (Fsp3) is 0.529. The average Bonchev–Trinajstić information content (AvgIpc) is 2.45. The Balaban J connectivity index is 2.31. The highest BCUT2D eigenvalue weighted by Crippen LogP contribution is 2.14. The Morgan fingerprint density at radius 3 is 2.36 bits per heavy atom. The number of hydrogen-bond acceptors (Lipinski definition) is 3. The van der Waals surface area contributed by atoms with Gasteiger partial charge in [0, 0.05) is 18.4 Å². The van der Waals surface area contributed by atoms with E-state index in [1.807, 2.05) is 38.1 Å². The Bertz CT molecular complexity index is 494. The molecule has 0 atom stereocenters. The molecule has 122 valence electrons. The molecule has 0 saturated carbocycles. The summed E-state index contributed by atoms with van der Waals surface area (Å²) in [5.41, 5.74) is 0.675. The molecule has 0 aliphatic rings. The molecule has 0 unspecified atom stereocenters. The van der Waals surface area contributed by atoms with Gasteiger partial charge in [-0.05, 0) is 50.8 Å². The first kappa shape index (κ1) is 18.0. The number of benzene rings is 1. The first-order chi connectivity index (χ1) is 10.3. The fourth-order valence-electron chi connectivity index (χ4n) is 2.17. The Kier molecular flexibility index (Phi) is 6.89. The van der Waals surface area contributed by atoms with E-state index in [0.717, 1.165) is 18.6 Å². The maximum atomic E-state index is 11.9. The van der Waals surface area contributed by atoms with Gasteiger partial charge in [-0.25, -0.2) is 0 Å². The zero-order chi connectivity index (χ0) is 16.6. The summed E-state index contributed by atoms with van der Waals surface area (Å²) in [5, 5.41) is 11.6. The van der Waals surface area contributed by atoms with Crippen LogP contribution in [-0.4, -0.2) is 29.6 Å². The maximum Gasteiger partial charge on any atom is 0.303 e. The quantitative estimate of drug-likeness (QED) is 0.735. The van der Waals surface area contributed by atoms with Gasteiger partial charge in [0.1, 0.15) is 5.75 Å². The van der Waals surface area contributed by atoms with E-state index in [2.05, 4.69) is 5.32 Å². The minimum Gasteiger partial charge on any atom is -0.497 e. The van der Waals surface area contributed by atoms with Gasteiger partial charge in [0.05, 0.1) is 7.11 Å². The molecule has 1 aromatic rings. The highest BCUT2D eigenvalue weighted by atomic mass is 16.5. The molecule has 0 aliphatic carbocycles. The van der Waals surface area contributed by atoms with E-state index < -0.39 is 11.5 Å². The van der Waals surface area contributed by atoms with E-state index in [4.69, 9.17) is 9.84 Å². The van der Waals surface area contributed by atoms with Gasteiger partial charge in [0.2, 0.25) is 5.91 Å². The summed E-state index contributed by atoms with van der Waals surface area (Å²) in [6.45, 7) is 3.69. The van der Waals surface area contributed by atoms with Gasteiger partial charge in [0.25, 0.3) is 0 Å². The molecule has 0 spiro atoms. The van der Waals surface area contributed by atoms with Crippen molar-refractivity contribution in [1.82, 2.24) is 5.32 Å². The van der Waals surface area contributed by atoms with Crippen molar-refractivity contribution in [3.05, 3.63) is 29.8 Å². The predicted octanol–water partition coefficient (Wildman–Crippen LogP) is 2.78. The molecule has 5 nitrogen and oxygen atoms in total. The molecule has 5 heteroatoms. The second-order valence-corrected chi connectivity index (χ2v) is 6.03. The maximum absolute atomic E-state index is 11.9. The largest absolute Gasteiger partial charge is 0.497 e. The third-order valence-electron chi connectivity index (χ3n) is 3.47. The van der Waals surface area contributed by atoms with Crippen LogP contribution in [0, 0.1) is 0 Å². The summed E-state index contributed by atoms with van der Waals surface area (Å²) >= 11 is 0. The Labute approximate surface area is 131 Å². The van der Waals surface area contributed by atoms with Crippen LogP contribution >= 0.6 is 0 Å². The van der Waals surface area contributed by atoms with Crippen molar-refractivity contribution in [2.45, 2.75) is 51.5 Å². The summed E-state index contributed by atoms with van der Waals surface area (Å²) in [5.74, 6) is -0.0626. The van der Waals surface area contributed by atoms with Gasteiger partial charge < -0.3 is 15.2 Å². The lowest BCUT2D eigenvalue weighted by Crippen LogP contribution is -2.43. The number of carbonyl (C=O) groups is 2. The highest BCUT2D eigenvalue weighted by molar-refractivity contribution is 5.76. The van der Waals surface area contributed by atoms with Crippen LogP contribution < -0.4 is 10.1 Å². The fourth-order valence-corrected chi connectivity index (χ4v) is 2.17. The minimum absolute atomic E-state index is 0.0381. The molecular formula is C17H25NO4. The lowest BCUT2D eigenvalue weighted by atomic mass is 9.98. The van der Waals surface area contributed by atoms with Gasteiger partial charge in [-0.15, -0.1) is 0 Å². The molecule has 1 amide bonds. The predicted molar refractivity (Wildman–Crippen MR) is 85.0 cm³/mol. The van der Waals surface area contributed by atoms with Crippen molar-refractivity contribution in [3.8, 4) is 5.75 Å². The lowest BCUT2D eigenvalue weighted by Gasteiger charge is -2.25. The second-order valence-electron chi connectivity index (χ2n) is 6.03. The molecule has 0 bridgehead atoms. The number of amides is 1. The van der Waals surface area contributed by atoms with Crippen LogP contribution in [0.1, 0.15) is 45.1 Å². The number of hydrogen-bond donors (Lipinski definition) is 2. The smallest absolute Gasteiger partial charge is 0.303 e. The van der Waals surface area contributed by atoms with E-state index in [-0.39, 0.29) is 12.3 Å². The monoisotopic (exact) mass is 307 g/mol. The van der Waals surface area contributed by atoms with Crippen LogP contribution in [-0.2, 0) is 16.0 Å². The van der Waals surface area contributed by atoms with Crippen molar-refractivity contribution in [2.24, 2.45) is 0 Å². The van der Waals surface area contributed by atoms with Gasteiger partial charge in [-0.3, -0.25) is 9.59 Å². The summed E-state index contributed by atoms with van der Waals surface area (Å²) in [7, 11) is 1.63. The van der Waals surface area contributed by atoms with E-state index in [1.54, 1.807) is 7.11 Å². The van der Waals surface area contributed by atoms with Crippen molar-refractivity contribution in [1.29, 1.82) is 0 Å². The number of rotatable bonds is 9. The second kappa shape index (κ2) is 8.41. The third-order valence-corrected chi connectivity index (χ3v) is 3.47. The Morgan fingerprint density at radius 1 is 1.18 bits per heavy atom. The topological polar surface area (TPSA) is 75.6 Å². The SMILES string of the molecule is COc1ccc(CCCC(=O)NC(C)(C)CCC(=O)O)cc1. The summed E-state index contributed by atoms with van der Waals surface area (Å²) in [4.78, 5) is 22.5. The Morgan fingerprint density at radius 2 is 1.82 bits per heavy atom. The molecule has 0 aromatic heterocycles. The molecule has 1 aromatic carbocycles. The number of methoxy groups -OCH3 is 1. The molecule has 0 heterocycles. The zero-order valence-electron chi connectivity index (χ0n) is 13.5. The summed E-state index contributed by atoms with van der Waals surface area (Å²) in [6.07, 6.45) is 2.49. The van der Waals surface area contributed by atoms with Crippen molar-refractivity contribution >= 4 is 11.9 Å².